The van der Waals surface area contributed by atoms with Crippen molar-refractivity contribution in [1.82, 2.24) is 4.98 Å². The normalized spacial score (nSPS) is 12.5. The lowest BCUT2D eigenvalue weighted by atomic mass is 10.0. The predicted octanol–water partition coefficient (Wildman–Crippen LogP) is 2.05. The van der Waals surface area contributed by atoms with E-state index in [1.54, 1.807) is 19.1 Å². The van der Waals surface area contributed by atoms with Crippen molar-refractivity contribution in [2.24, 2.45) is 11.7 Å². The van der Waals surface area contributed by atoms with E-state index in [1.807, 2.05) is 0 Å². The van der Waals surface area contributed by atoms with Gasteiger partial charge < -0.3 is 5.73 Å². The minimum Gasteiger partial charge on any atom is -0.369 e. The van der Waals surface area contributed by atoms with Crippen molar-refractivity contribution >= 4 is 29.1 Å². The first-order chi connectivity index (χ1) is 6.50. The van der Waals surface area contributed by atoms with Gasteiger partial charge in [0.1, 0.15) is 10.3 Å². The molecule has 3 nitrogen and oxygen atoms in total. The predicted molar refractivity (Wildman–Crippen MR) is 56.3 cm³/mol. The SMILES string of the molecule is CC(Cc1ccc(Cl)nc1Cl)C(N)=O. The third-order valence-corrected chi connectivity index (χ3v) is 2.44. The quantitative estimate of drug-likeness (QED) is 0.812. The molecule has 1 amide bonds. The zero-order chi connectivity index (χ0) is 10.7. The van der Waals surface area contributed by atoms with Gasteiger partial charge in [0, 0.05) is 5.92 Å². The molecule has 0 aliphatic heterocycles. The van der Waals surface area contributed by atoms with Crippen LogP contribution in [0.25, 0.3) is 0 Å². The maximum absolute atomic E-state index is 10.8. The first-order valence-corrected chi connectivity index (χ1v) is 4.86. The first-order valence-electron chi connectivity index (χ1n) is 4.11. The molecule has 2 N–H and O–H groups in total. The van der Waals surface area contributed by atoms with Crippen LogP contribution < -0.4 is 5.73 Å². The number of nitrogens with two attached hydrogens (primary N) is 1. The molecule has 0 aliphatic carbocycles. The van der Waals surface area contributed by atoms with Gasteiger partial charge >= 0.3 is 0 Å². The summed E-state index contributed by atoms with van der Waals surface area (Å²) in [4.78, 5) is 14.7. The summed E-state index contributed by atoms with van der Waals surface area (Å²) in [6.07, 6.45) is 0.484. The van der Waals surface area contributed by atoms with E-state index in [-0.39, 0.29) is 11.8 Å². The molecule has 1 unspecified atom stereocenters. The Kier molecular flexibility index (Phi) is 3.72. The Morgan fingerprint density at radius 3 is 2.71 bits per heavy atom. The van der Waals surface area contributed by atoms with Gasteiger partial charge in [0.2, 0.25) is 5.91 Å². The van der Waals surface area contributed by atoms with E-state index in [9.17, 15) is 4.79 Å². The third kappa shape index (κ3) is 2.86. The van der Waals surface area contributed by atoms with Crippen molar-refractivity contribution in [2.75, 3.05) is 0 Å². The highest BCUT2D eigenvalue weighted by Crippen LogP contribution is 2.19. The molecule has 1 atom stereocenters. The molecule has 0 saturated heterocycles. The molecule has 1 heterocycles. The average Bonchev–Trinajstić information content (AvgIpc) is 2.09. The van der Waals surface area contributed by atoms with Gasteiger partial charge in [0.05, 0.1) is 0 Å². The Bertz CT molecular complexity index is 355. The topological polar surface area (TPSA) is 56.0 Å². The number of carbonyl (C=O) groups is 1. The maximum Gasteiger partial charge on any atom is 0.220 e. The molecular formula is C9H10Cl2N2O. The van der Waals surface area contributed by atoms with E-state index in [4.69, 9.17) is 28.9 Å². The minimum absolute atomic E-state index is 0.254. The Hall–Kier alpha value is -0.800. The molecule has 76 valence electrons. The van der Waals surface area contributed by atoms with Gasteiger partial charge in [0.15, 0.2) is 0 Å². The maximum atomic E-state index is 10.8. The van der Waals surface area contributed by atoms with Crippen molar-refractivity contribution in [3.8, 4) is 0 Å². The van der Waals surface area contributed by atoms with Gasteiger partial charge in [-0.05, 0) is 18.1 Å². The molecule has 0 spiro atoms. The third-order valence-electron chi connectivity index (χ3n) is 1.90. The molecule has 1 aromatic heterocycles. The van der Waals surface area contributed by atoms with Crippen molar-refractivity contribution in [3.63, 3.8) is 0 Å². The standard InChI is InChI=1S/C9H10Cl2N2O/c1-5(9(12)14)4-6-2-3-7(10)13-8(6)11/h2-3,5H,4H2,1H3,(H2,12,14). The second-order valence-electron chi connectivity index (χ2n) is 3.09. The molecule has 0 aliphatic rings. The Labute approximate surface area is 92.2 Å². The van der Waals surface area contributed by atoms with E-state index in [2.05, 4.69) is 4.98 Å². The summed E-state index contributed by atoms with van der Waals surface area (Å²) in [6, 6.07) is 3.38. The van der Waals surface area contributed by atoms with Crippen LogP contribution in [0.3, 0.4) is 0 Å². The highest BCUT2D eigenvalue weighted by molar-refractivity contribution is 6.32. The van der Waals surface area contributed by atoms with Crippen LogP contribution in [0.4, 0.5) is 0 Å². The molecule has 1 aromatic rings. The molecule has 0 fully saturated rings. The number of pyridine rings is 1. The number of carbonyl (C=O) groups excluding carboxylic acids is 1. The summed E-state index contributed by atoms with van der Waals surface area (Å²) in [5, 5.41) is 0.663. The molecule has 0 saturated carbocycles. The lowest BCUT2D eigenvalue weighted by molar-refractivity contribution is -0.121. The number of halogens is 2. The zero-order valence-corrected chi connectivity index (χ0v) is 9.14. The minimum atomic E-state index is -0.351. The summed E-state index contributed by atoms with van der Waals surface area (Å²) in [5.41, 5.74) is 5.92. The van der Waals surface area contributed by atoms with Crippen LogP contribution in [0.15, 0.2) is 12.1 Å². The van der Waals surface area contributed by atoms with Gasteiger partial charge in [-0.1, -0.05) is 36.2 Å². The number of nitrogens with zero attached hydrogens (tertiary/aromatic N) is 1. The Morgan fingerprint density at radius 2 is 2.21 bits per heavy atom. The Balaban J connectivity index is 2.82. The van der Waals surface area contributed by atoms with Gasteiger partial charge in [-0.25, -0.2) is 4.98 Å². The highest BCUT2D eigenvalue weighted by atomic mass is 35.5. The number of amides is 1. The van der Waals surface area contributed by atoms with Crippen LogP contribution in [-0.2, 0) is 11.2 Å². The number of hydrogen-bond acceptors (Lipinski definition) is 2. The van der Waals surface area contributed by atoms with Crippen molar-refractivity contribution in [2.45, 2.75) is 13.3 Å². The molecule has 14 heavy (non-hydrogen) atoms. The highest BCUT2D eigenvalue weighted by Gasteiger charge is 2.12. The van der Waals surface area contributed by atoms with E-state index < -0.39 is 0 Å². The fourth-order valence-corrected chi connectivity index (χ4v) is 1.45. The van der Waals surface area contributed by atoms with Gasteiger partial charge in [-0.3, -0.25) is 4.79 Å². The van der Waals surface area contributed by atoms with Crippen LogP contribution in [-0.4, -0.2) is 10.9 Å². The number of aromatic nitrogens is 1. The van der Waals surface area contributed by atoms with Crippen molar-refractivity contribution in [1.29, 1.82) is 0 Å². The summed E-state index contributed by atoms with van der Waals surface area (Å²) < 4.78 is 0. The molecule has 0 aromatic carbocycles. The van der Waals surface area contributed by atoms with Crippen molar-refractivity contribution < 1.29 is 4.79 Å². The second kappa shape index (κ2) is 4.62. The number of hydrogen-bond donors (Lipinski definition) is 1. The second-order valence-corrected chi connectivity index (χ2v) is 3.84. The zero-order valence-electron chi connectivity index (χ0n) is 7.63. The van der Waals surface area contributed by atoms with Crippen LogP contribution in [0, 0.1) is 5.92 Å². The summed E-state index contributed by atoms with van der Waals surface area (Å²) in [6.45, 7) is 1.74. The first kappa shape index (κ1) is 11.3. The van der Waals surface area contributed by atoms with E-state index in [1.165, 1.54) is 0 Å². The van der Waals surface area contributed by atoms with Gasteiger partial charge in [-0.2, -0.15) is 0 Å². The van der Waals surface area contributed by atoms with E-state index in [0.717, 1.165) is 5.56 Å². The molecular weight excluding hydrogens is 223 g/mol. The van der Waals surface area contributed by atoms with Crippen LogP contribution >= 0.6 is 23.2 Å². The van der Waals surface area contributed by atoms with E-state index >= 15 is 0 Å². The largest absolute Gasteiger partial charge is 0.369 e. The molecule has 5 heteroatoms. The number of primary amides is 1. The average molecular weight is 233 g/mol. The van der Waals surface area contributed by atoms with Gasteiger partial charge in [0.25, 0.3) is 0 Å². The van der Waals surface area contributed by atoms with E-state index in [0.29, 0.717) is 16.7 Å². The summed E-state index contributed by atoms with van der Waals surface area (Å²) >= 11 is 11.5. The van der Waals surface area contributed by atoms with Crippen LogP contribution in [0.5, 0.6) is 0 Å². The lowest BCUT2D eigenvalue weighted by Crippen LogP contribution is -2.22. The Morgan fingerprint density at radius 1 is 1.57 bits per heavy atom. The summed E-state index contributed by atoms with van der Waals surface area (Å²) in [5.74, 6) is -0.605. The smallest absolute Gasteiger partial charge is 0.220 e. The monoisotopic (exact) mass is 232 g/mol. The fourth-order valence-electron chi connectivity index (χ4n) is 1.02. The lowest BCUT2D eigenvalue weighted by Gasteiger charge is -2.08. The van der Waals surface area contributed by atoms with Crippen molar-refractivity contribution in [3.05, 3.63) is 28.0 Å². The molecule has 1 rings (SSSR count). The molecule has 0 bridgehead atoms. The summed E-state index contributed by atoms with van der Waals surface area (Å²) in [7, 11) is 0. The molecule has 0 radical (unpaired) electrons. The van der Waals surface area contributed by atoms with Gasteiger partial charge in [-0.15, -0.1) is 0 Å². The number of rotatable bonds is 3. The van der Waals surface area contributed by atoms with Crippen LogP contribution in [0.1, 0.15) is 12.5 Å². The van der Waals surface area contributed by atoms with Crippen LogP contribution in [0.2, 0.25) is 10.3 Å². The fraction of sp³-hybridized carbons (Fsp3) is 0.333.